The van der Waals surface area contributed by atoms with Crippen LogP contribution in [0.2, 0.25) is 79.5 Å². The molecule has 0 saturated heterocycles. The minimum Gasteiger partial charge on any atom is -0.418 e. The van der Waals surface area contributed by atoms with E-state index in [0.717, 1.165) is 0 Å². The molecular formula is C22H55OSi5. The molecule has 1 nitrogen and oxygen atoms in total. The summed E-state index contributed by atoms with van der Waals surface area (Å²) in [4.78, 5) is 0. The molecule has 0 aromatic carbocycles. The number of hydrogen-bond donors (Lipinski definition) is 0. The molecule has 0 aliphatic heterocycles. The van der Waals surface area contributed by atoms with E-state index in [1.165, 1.54) is 0 Å². The molecule has 0 aromatic heterocycles. The van der Waals surface area contributed by atoms with Gasteiger partial charge in [0.15, 0.2) is 8.56 Å². The molecule has 169 valence electrons. The monoisotopic (exact) mass is 475 g/mol. The Morgan fingerprint density at radius 1 is 0.571 bits per heavy atom. The molecule has 6 heteroatoms. The summed E-state index contributed by atoms with van der Waals surface area (Å²) in [7, 11) is -7.45. The first-order valence-electron chi connectivity index (χ1n) is 11.3. The fourth-order valence-electron chi connectivity index (χ4n) is 7.02. The van der Waals surface area contributed by atoms with Crippen LogP contribution in [-0.2, 0) is 4.43 Å². The molecule has 0 aliphatic rings. The Kier molecular flexibility index (Phi) is 8.50. The van der Waals surface area contributed by atoms with Gasteiger partial charge in [0.2, 0.25) is 0 Å². The minimum atomic E-state index is -1.83. The van der Waals surface area contributed by atoms with Gasteiger partial charge >= 0.3 is 0 Å². The van der Waals surface area contributed by atoms with Crippen LogP contribution in [0.15, 0.2) is 0 Å². The Bertz CT molecular complexity index is 472. The van der Waals surface area contributed by atoms with Gasteiger partial charge in [-0.25, -0.2) is 0 Å². The van der Waals surface area contributed by atoms with Crippen molar-refractivity contribution in [3.8, 4) is 0 Å². The van der Waals surface area contributed by atoms with Gasteiger partial charge in [-0.3, -0.25) is 0 Å². The average Bonchev–Trinajstić information content (AvgIpc) is 2.28. The molecule has 0 heterocycles. The minimum absolute atomic E-state index is 0.328. The summed E-state index contributed by atoms with van der Waals surface area (Å²) in [5.74, 6) is 0. The van der Waals surface area contributed by atoms with Crippen LogP contribution in [-0.4, -0.2) is 46.5 Å². The Balaban J connectivity index is 7.67. The van der Waals surface area contributed by atoms with Crippen LogP contribution >= 0.6 is 0 Å². The highest BCUT2D eigenvalue weighted by atomic mass is 29.2. The van der Waals surface area contributed by atoms with Crippen molar-refractivity contribution < 1.29 is 4.43 Å². The van der Waals surface area contributed by atoms with Crippen LogP contribution in [0.4, 0.5) is 0 Å². The van der Waals surface area contributed by atoms with E-state index in [2.05, 4.69) is 121 Å². The van der Waals surface area contributed by atoms with Crippen molar-refractivity contribution in [1.29, 1.82) is 0 Å². The van der Waals surface area contributed by atoms with E-state index in [9.17, 15) is 0 Å². The van der Waals surface area contributed by atoms with Gasteiger partial charge in [-0.15, -0.1) is 0 Å². The largest absolute Gasteiger partial charge is 0.418 e. The second kappa shape index (κ2) is 8.19. The summed E-state index contributed by atoms with van der Waals surface area (Å²) in [6.07, 6.45) is 0.328. The number of hydrogen-bond acceptors (Lipinski definition) is 1. The first-order valence-corrected chi connectivity index (χ1v) is 26.8. The van der Waals surface area contributed by atoms with Gasteiger partial charge in [0, 0.05) is 30.3 Å². The lowest BCUT2D eigenvalue weighted by Crippen LogP contribution is -2.81. The molecule has 0 fully saturated rings. The van der Waals surface area contributed by atoms with Crippen molar-refractivity contribution in [1.82, 2.24) is 0 Å². The smallest absolute Gasteiger partial charge is 0.196 e. The maximum Gasteiger partial charge on any atom is 0.196 e. The predicted octanol–water partition coefficient (Wildman–Crippen LogP) is 8.53. The van der Waals surface area contributed by atoms with Crippen LogP contribution in [0.25, 0.3) is 0 Å². The van der Waals surface area contributed by atoms with E-state index in [0.29, 0.717) is 20.1 Å². The van der Waals surface area contributed by atoms with Gasteiger partial charge in [0.05, 0.1) is 7.59 Å². The topological polar surface area (TPSA) is 9.23 Å². The zero-order chi connectivity index (χ0) is 23.4. The Morgan fingerprint density at radius 3 is 0.964 bits per heavy atom. The van der Waals surface area contributed by atoms with E-state index < -0.39 is 40.4 Å². The van der Waals surface area contributed by atoms with Crippen LogP contribution in [0.3, 0.4) is 0 Å². The lowest BCUT2D eigenvalue weighted by Gasteiger charge is -2.68. The van der Waals surface area contributed by atoms with E-state index in [1.807, 2.05) is 0 Å². The zero-order valence-corrected chi connectivity index (χ0v) is 28.0. The molecule has 0 unspecified atom stereocenters. The third-order valence-electron chi connectivity index (χ3n) is 7.52. The van der Waals surface area contributed by atoms with Gasteiger partial charge in [-0.1, -0.05) is 107 Å². The second-order valence-electron chi connectivity index (χ2n) is 14.6. The van der Waals surface area contributed by atoms with Crippen LogP contribution in [0.1, 0.15) is 55.4 Å². The van der Waals surface area contributed by atoms with Gasteiger partial charge < -0.3 is 4.43 Å². The summed E-state index contributed by atoms with van der Waals surface area (Å²) in [6.45, 7) is 46.8. The fraction of sp³-hybridized carbons (Fsp3) is 1.00. The first-order chi connectivity index (χ1) is 11.8. The Labute approximate surface area is 185 Å². The molecule has 1 radical (unpaired) electrons. The molecule has 0 spiro atoms. The van der Waals surface area contributed by atoms with E-state index >= 15 is 0 Å². The summed E-state index contributed by atoms with van der Waals surface area (Å²) >= 11 is 0. The summed E-state index contributed by atoms with van der Waals surface area (Å²) < 4.78 is 7.90. The molecule has 0 atom stereocenters. The molecule has 0 aliphatic carbocycles. The molecule has 0 aromatic rings. The lowest BCUT2D eigenvalue weighted by molar-refractivity contribution is 0.246. The van der Waals surface area contributed by atoms with Crippen molar-refractivity contribution >= 4 is 40.4 Å². The highest BCUT2D eigenvalue weighted by molar-refractivity contribution is 7.45. The van der Waals surface area contributed by atoms with Crippen molar-refractivity contribution in [3.63, 3.8) is 0 Å². The maximum atomic E-state index is 7.38. The first kappa shape index (κ1) is 29.0. The van der Waals surface area contributed by atoms with E-state index in [-0.39, 0.29) is 0 Å². The van der Waals surface area contributed by atoms with Crippen LogP contribution in [0.5, 0.6) is 0 Å². The van der Waals surface area contributed by atoms with Crippen molar-refractivity contribution in [2.24, 2.45) is 0 Å². The van der Waals surface area contributed by atoms with Gasteiger partial charge in [-0.2, -0.15) is 0 Å². The van der Waals surface area contributed by atoms with Gasteiger partial charge in [0.25, 0.3) is 0 Å². The Morgan fingerprint density at radius 2 is 0.821 bits per heavy atom. The molecule has 28 heavy (non-hydrogen) atoms. The fourth-order valence-corrected chi connectivity index (χ4v) is 72.6. The third kappa shape index (κ3) is 4.77. The van der Waals surface area contributed by atoms with Crippen molar-refractivity contribution in [3.05, 3.63) is 0 Å². The highest BCUT2D eigenvalue weighted by Gasteiger charge is 2.72. The average molecular weight is 476 g/mol. The standard InChI is InChI=1S/C22H55OSi5/c1-19(2)23-24(28(18,20(3,4)5)21(6,7)8)22(25(9,10)11,26(12,13)14)27(15,16)17/h19H,1-18H3. The molecular weight excluding hydrogens is 421 g/mol. The predicted molar refractivity (Wildman–Crippen MR) is 146 cm³/mol. The van der Waals surface area contributed by atoms with Crippen molar-refractivity contribution in [2.75, 3.05) is 0 Å². The molecule has 0 bridgehead atoms. The summed E-state index contributed by atoms with van der Waals surface area (Å²) in [5.41, 5.74) is 0. The van der Waals surface area contributed by atoms with E-state index in [1.54, 1.807) is 0 Å². The molecule has 0 saturated carbocycles. The second-order valence-corrected chi connectivity index (χ2v) is 44.6. The normalized spacial score (nSPS) is 16.3. The number of rotatable bonds is 7. The van der Waals surface area contributed by atoms with E-state index in [4.69, 9.17) is 4.43 Å². The van der Waals surface area contributed by atoms with Gasteiger partial charge in [-0.05, 0) is 27.8 Å². The third-order valence-corrected chi connectivity index (χ3v) is 55.8. The van der Waals surface area contributed by atoms with Gasteiger partial charge in [0.1, 0.15) is 0 Å². The van der Waals surface area contributed by atoms with Crippen molar-refractivity contribution in [2.45, 2.75) is 141 Å². The highest BCUT2D eigenvalue weighted by Crippen LogP contribution is 2.64. The molecule has 0 amide bonds. The summed E-state index contributed by atoms with van der Waals surface area (Å²) in [6, 6.07) is 0. The Hall–Kier alpha value is 1.04. The SMILES string of the molecule is CC(C)O[Si](C([Si](C)(C)C)([Si](C)(C)C)[Si](C)(C)C)[Si](C)(C(C)(C)C)C(C)(C)C. The molecule has 0 rings (SSSR count). The quantitative estimate of drug-likeness (QED) is 0.335. The zero-order valence-electron chi connectivity index (χ0n) is 23.0. The lowest BCUT2D eigenvalue weighted by atomic mass is 10.2. The van der Waals surface area contributed by atoms with Crippen LogP contribution < -0.4 is 0 Å². The maximum absolute atomic E-state index is 7.38. The summed E-state index contributed by atoms with van der Waals surface area (Å²) in [5, 5.41) is 0.664. The molecule has 0 N–H and O–H groups in total. The van der Waals surface area contributed by atoms with Crippen LogP contribution in [0, 0.1) is 0 Å².